The molecule has 2 aromatic rings. The van der Waals surface area contributed by atoms with Gasteiger partial charge in [0, 0.05) is 0 Å². The molecule has 1 unspecified atom stereocenters. The first-order chi connectivity index (χ1) is 9.01. The van der Waals surface area contributed by atoms with Gasteiger partial charge in [0.25, 0.3) is 0 Å². The minimum Gasteiger partial charge on any atom is -0.309 e. The largest absolute Gasteiger partial charge is 0.309 e. The molecule has 0 aliphatic rings. The molecular weight excluding hydrogens is 261 g/mol. The molecule has 3 heteroatoms. The van der Waals surface area contributed by atoms with Gasteiger partial charge in [-0.05, 0) is 44.2 Å². The van der Waals surface area contributed by atoms with Crippen LogP contribution in [-0.2, 0) is 0 Å². The van der Waals surface area contributed by atoms with Gasteiger partial charge in [0.15, 0.2) is 0 Å². The van der Waals surface area contributed by atoms with Crippen molar-refractivity contribution in [1.82, 2.24) is 5.32 Å². The van der Waals surface area contributed by atoms with Crippen molar-refractivity contribution in [1.29, 1.82) is 0 Å². The molecule has 0 heterocycles. The first kappa shape index (κ1) is 14.0. The molecule has 0 bridgehead atoms. The van der Waals surface area contributed by atoms with Gasteiger partial charge in [-0.15, -0.1) is 0 Å². The lowest BCUT2D eigenvalue weighted by Gasteiger charge is -2.19. The predicted molar refractivity (Wildman–Crippen MR) is 78.2 cm³/mol. The molecule has 2 rings (SSSR count). The maximum absolute atomic E-state index is 13.2. The Morgan fingerprint density at radius 1 is 1.00 bits per heavy atom. The van der Waals surface area contributed by atoms with Gasteiger partial charge < -0.3 is 5.32 Å². The van der Waals surface area contributed by atoms with E-state index in [4.69, 9.17) is 11.6 Å². The van der Waals surface area contributed by atoms with Crippen LogP contribution in [0.2, 0.25) is 5.02 Å². The van der Waals surface area contributed by atoms with Crippen LogP contribution in [0.1, 0.15) is 28.3 Å². The Hall–Kier alpha value is -1.38. The summed E-state index contributed by atoms with van der Waals surface area (Å²) in [6, 6.07) is 11.3. The van der Waals surface area contributed by atoms with Gasteiger partial charge in [0.2, 0.25) is 0 Å². The molecule has 0 aliphatic heterocycles. The Labute approximate surface area is 118 Å². The summed E-state index contributed by atoms with van der Waals surface area (Å²) in [6.45, 7) is 4.14. The van der Waals surface area contributed by atoms with E-state index >= 15 is 0 Å². The van der Waals surface area contributed by atoms with E-state index in [1.54, 1.807) is 12.1 Å². The summed E-state index contributed by atoms with van der Waals surface area (Å²) in [5.41, 5.74) is 4.54. The highest BCUT2D eigenvalue weighted by Gasteiger charge is 2.14. The van der Waals surface area contributed by atoms with Crippen LogP contribution in [-0.4, -0.2) is 7.05 Å². The Morgan fingerprint density at radius 3 is 2.16 bits per heavy atom. The summed E-state index contributed by atoms with van der Waals surface area (Å²) in [7, 11) is 1.89. The van der Waals surface area contributed by atoms with Crippen LogP contribution in [0.5, 0.6) is 0 Å². The maximum Gasteiger partial charge on any atom is 0.141 e. The third kappa shape index (κ3) is 3.14. The first-order valence-electron chi connectivity index (χ1n) is 6.21. The molecule has 100 valence electrons. The van der Waals surface area contributed by atoms with Crippen LogP contribution in [0.4, 0.5) is 4.39 Å². The normalized spacial score (nSPS) is 12.5. The molecule has 0 spiro atoms. The van der Waals surface area contributed by atoms with Gasteiger partial charge in [0.05, 0.1) is 11.1 Å². The lowest BCUT2D eigenvalue weighted by Crippen LogP contribution is -2.18. The quantitative estimate of drug-likeness (QED) is 0.876. The van der Waals surface area contributed by atoms with E-state index < -0.39 is 0 Å². The number of aryl methyl sites for hydroxylation is 2. The first-order valence-corrected chi connectivity index (χ1v) is 6.59. The van der Waals surface area contributed by atoms with E-state index in [2.05, 4.69) is 37.4 Å². The molecule has 0 fully saturated rings. The molecule has 0 saturated heterocycles. The van der Waals surface area contributed by atoms with Crippen LogP contribution in [0.25, 0.3) is 0 Å². The second-order valence-corrected chi connectivity index (χ2v) is 5.22. The number of rotatable bonds is 3. The molecule has 19 heavy (non-hydrogen) atoms. The van der Waals surface area contributed by atoms with E-state index in [9.17, 15) is 4.39 Å². The molecule has 1 nitrogen and oxygen atoms in total. The summed E-state index contributed by atoms with van der Waals surface area (Å²) in [5.74, 6) is -0.388. The summed E-state index contributed by atoms with van der Waals surface area (Å²) in [4.78, 5) is 0. The highest BCUT2D eigenvalue weighted by atomic mass is 35.5. The number of nitrogens with one attached hydrogen (secondary N) is 1. The van der Waals surface area contributed by atoms with Crippen molar-refractivity contribution >= 4 is 11.6 Å². The van der Waals surface area contributed by atoms with Crippen molar-refractivity contribution in [3.05, 3.63) is 69.5 Å². The molecule has 0 saturated carbocycles. The zero-order valence-corrected chi connectivity index (χ0v) is 12.1. The molecule has 0 amide bonds. The summed E-state index contributed by atoms with van der Waals surface area (Å²) >= 11 is 5.86. The lowest BCUT2D eigenvalue weighted by molar-refractivity contribution is 0.624. The third-order valence-electron chi connectivity index (χ3n) is 3.14. The number of benzene rings is 2. The van der Waals surface area contributed by atoms with E-state index in [-0.39, 0.29) is 16.9 Å². The van der Waals surface area contributed by atoms with Crippen LogP contribution in [0, 0.1) is 19.7 Å². The standard InChI is InChI=1S/C16H17ClFN/c1-10-6-11(2)8-13(7-10)16(19-3)12-4-5-15(18)14(17)9-12/h4-9,16,19H,1-3H3. The Bertz CT molecular complexity index is 575. The smallest absolute Gasteiger partial charge is 0.141 e. The third-order valence-corrected chi connectivity index (χ3v) is 3.43. The molecule has 0 aromatic heterocycles. The average molecular weight is 278 g/mol. The zero-order valence-electron chi connectivity index (χ0n) is 11.3. The van der Waals surface area contributed by atoms with Crippen LogP contribution >= 0.6 is 11.6 Å². The lowest BCUT2D eigenvalue weighted by atomic mass is 9.96. The zero-order chi connectivity index (χ0) is 14.0. The highest BCUT2D eigenvalue weighted by molar-refractivity contribution is 6.30. The van der Waals surface area contributed by atoms with Crippen molar-refractivity contribution in [2.45, 2.75) is 19.9 Å². The predicted octanol–water partition coefficient (Wildman–Crippen LogP) is 4.40. The maximum atomic E-state index is 13.2. The minimum absolute atomic E-state index is 0.0108. The molecule has 1 atom stereocenters. The number of hydrogen-bond acceptors (Lipinski definition) is 1. The van der Waals surface area contributed by atoms with Crippen LogP contribution in [0.15, 0.2) is 36.4 Å². The Balaban J connectivity index is 2.46. The average Bonchev–Trinajstić information content (AvgIpc) is 2.33. The van der Waals surface area contributed by atoms with Crippen LogP contribution in [0.3, 0.4) is 0 Å². The van der Waals surface area contributed by atoms with Gasteiger partial charge >= 0.3 is 0 Å². The van der Waals surface area contributed by atoms with Crippen molar-refractivity contribution < 1.29 is 4.39 Å². The van der Waals surface area contributed by atoms with E-state index in [0.29, 0.717) is 0 Å². The van der Waals surface area contributed by atoms with E-state index in [1.165, 1.54) is 17.2 Å². The van der Waals surface area contributed by atoms with E-state index in [0.717, 1.165) is 11.1 Å². The van der Waals surface area contributed by atoms with Gasteiger partial charge in [-0.2, -0.15) is 0 Å². The molecule has 1 N–H and O–H groups in total. The van der Waals surface area contributed by atoms with E-state index in [1.807, 2.05) is 7.05 Å². The minimum atomic E-state index is -0.388. The molecule has 0 aliphatic carbocycles. The number of hydrogen-bond donors (Lipinski definition) is 1. The van der Waals surface area contributed by atoms with Crippen LogP contribution < -0.4 is 5.32 Å². The second-order valence-electron chi connectivity index (χ2n) is 4.82. The highest BCUT2D eigenvalue weighted by Crippen LogP contribution is 2.27. The second kappa shape index (κ2) is 5.72. The Kier molecular flexibility index (Phi) is 4.23. The molecular formula is C16H17ClFN. The summed E-state index contributed by atoms with van der Waals surface area (Å²) in [5, 5.41) is 3.41. The fraction of sp³-hybridized carbons (Fsp3) is 0.250. The summed E-state index contributed by atoms with van der Waals surface area (Å²) in [6.07, 6.45) is 0. The van der Waals surface area contributed by atoms with Gasteiger partial charge in [-0.3, -0.25) is 0 Å². The van der Waals surface area contributed by atoms with Crippen molar-refractivity contribution in [2.75, 3.05) is 7.05 Å². The van der Waals surface area contributed by atoms with Gasteiger partial charge in [0.1, 0.15) is 5.82 Å². The number of halogens is 2. The fourth-order valence-corrected chi connectivity index (χ4v) is 2.58. The van der Waals surface area contributed by atoms with Gasteiger partial charge in [-0.1, -0.05) is 47.0 Å². The van der Waals surface area contributed by atoms with Crippen molar-refractivity contribution in [3.8, 4) is 0 Å². The molecule has 2 aromatic carbocycles. The topological polar surface area (TPSA) is 12.0 Å². The van der Waals surface area contributed by atoms with Crippen molar-refractivity contribution in [2.24, 2.45) is 0 Å². The monoisotopic (exact) mass is 277 g/mol. The summed E-state index contributed by atoms with van der Waals surface area (Å²) < 4.78 is 13.2. The van der Waals surface area contributed by atoms with Gasteiger partial charge in [-0.25, -0.2) is 4.39 Å². The Morgan fingerprint density at radius 2 is 1.63 bits per heavy atom. The van der Waals surface area contributed by atoms with Crippen molar-refractivity contribution in [3.63, 3.8) is 0 Å². The molecule has 0 radical (unpaired) electrons. The fourth-order valence-electron chi connectivity index (χ4n) is 2.39. The SMILES string of the molecule is CNC(c1cc(C)cc(C)c1)c1ccc(F)c(Cl)c1.